The number of hydrogen-bond acceptors (Lipinski definition) is 3. The lowest BCUT2D eigenvalue weighted by molar-refractivity contribution is -0.121. The van der Waals surface area contributed by atoms with Crippen molar-refractivity contribution in [2.24, 2.45) is 0 Å². The van der Waals surface area contributed by atoms with Gasteiger partial charge in [0, 0.05) is 26.6 Å². The van der Waals surface area contributed by atoms with E-state index in [1.165, 1.54) is 5.56 Å². The van der Waals surface area contributed by atoms with Gasteiger partial charge < -0.3 is 15.3 Å². The van der Waals surface area contributed by atoms with Gasteiger partial charge in [-0.15, -0.1) is 0 Å². The molecule has 2 N–H and O–H groups in total. The summed E-state index contributed by atoms with van der Waals surface area (Å²) in [5.74, 6) is 0.0308. The fourth-order valence-electron chi connectivity index (χ4n) is 1.90. The van der Waals surface area contributed by atoms with Gasteiger partial charge in [0.1, 0.15) is 0 Å². The lowest BCUT2D eigenvalue weighted by Gasteiger charge is -2.23. The molecule has 0 heterocycles. The van der Waals surface area contributed by atoms with Crippen molar-refractivity contribution in [3.63, 3.8) is 0 Å². The molecule has 0 saturated carbocycles. The maximum Gasteiger partial charge on any atom is 0.221 e. The monoisotopic (exact) mass is 264 g/mol. The molecule has 0 fully saturated rings. The van der Waals surface area contributed by atoms with Crippen LogP contribution in [-0.4, -0.2) is 42.6 Å². The first-order valence-corrected chi connectivity index (χ1v) is 6.74. The van der Waals surface area contributed by atoms with Gasteiger partial charge in [-0.05, 0) is 19.0 Å². The number of aliphatic hydroxyl groups excluding tert-OH is 1. The summed E-state index contributed by atoms with van der Waals surface area (Å²) in [7, 11) is 1.64. The van der Waals surface area contributed by atoms with Gasteiger partial charge in [-0.2, -0.15) is 0 Å². The molecule has 4 heteroatoms. The van der Waals surface area contributed by atoms with Crippen molar-refractivity contribution in [1.29, 1.82) is 0 Å². The third kappa shape index (κ3) is 5.41. The first-order valence-electron chi connectivity index (χ1n) is 6.74. The Labute approximate surface area is 115 Å². The van der Waals surface area contributed by atoms with Gasteiger partial charge in [-0.1, -0.05) is 36.8 Å². The maximum absolute atomic E-state index is 11.2. The number of hydrogen-bond donors (Lipinski definition) is 2. The number of likely N-dealkylation sites (N-methyl/N-ethyl adjacent to an activating group) is 1. The number of benzene rings is 1. The summed E-state index contributed by atoms with van der Waals surface area (Å²) in [4.78, 5) is 13.3. The van der Waals surface area contributed by atoms with Gasteiger partial charge >= 0.3 is 0 Å². The van der Waals surface area contributed by atoms with E-state index in [1.807, 2.05) is 38.1 Å². The van der Waals surface area contributed by atoms with Crippen LogP contribution in [0.2, 0.25) is 0 Å². The fraction of sp³-hybridized carbons (Fsp3) is 0.533. The minimum Gasteiger partial charge on any atom is -0.387 e. The number of aliphatic hydroxyl groups is 1. The standard InChI is InChI=1S/C15H24N2O2/c1-4-17(10-9-15(19)16-3)11-14(18)13-7-5-12(2)6-8-13/h5-8,14,18H,4,9-11H2,1-3H3,(H,16,19)/t14-/m0/s1. The molecule has 0 saturated heterocycles. The van der Waals surface area contributed by atoms with Crippen LogP contribution in [0, 0.1) is 6.92 Å². The SMILES string of the molecule is CCN(CCC(=O)NC)C[C@H](O)c1ccc(C)cc1. The molecule has 4 nitrogen and oxygen atoms in total. The number of nitrogens with one attached hydrogen (secondary N) is 1. The molecule has 0 spiro atoms. The smallest absolute Gasteiger partial charge is 0.221 e. The number of amides is 1. The highest BCUT2D eigenvalue weighted by molar-refractivity contribution is 5.75. The summed E-state index contributed by atoms with van der Waals surface area (Å²) < 4.78 is 0. The minimum absolute atomic E-state index is 0.0308. The zero-order valence-electron chi connectivity index (χ0n) is 12.0. The van der Waals surface area contributed by atoms with Crippen LogP contribution in [0.5, 0.6) is 0 Å². The Bertz CT molecular complexity index is 390. The molecule has 0 aliphatic heterocycles. The second-order valence-corrected chi connectivity index (χ2v) is 4.74. The Morgan fingerprint density at radius 1 is 1.37 bits per heavy atom. The largest absolute Gasteiger partial charge is 0.387 e. The molecule has 19 heavy (non-hydrogen) atoms. The average Bonchev–Trinajstić information content (AvgIpc) is 2.43. The van der Waals surface area contributed by atoms with E-state index >= 15 is 0 Å². The number of aryl methyl sites for hydroxylation is 1. The van der Waals surface area contributed by atoms with Crippen LogP contribution in [0.4, 0.5) is 0 Å². The molecular formula is C15H24N2O2. The zero-order chi connectivity index (χ0) is 14.3. The van der Waals surface area contributed by atoms with Gasteiger partial charge in [-0.3, -0.25) is 4.79 Å². The van der Waals surface area contributed by atoms with E-state index in [2.05, 4.69) is 10.2 Å². The molecule has 1 atom stereocenters. The van der Waals surface area contributed by atoms with Crippen molar-refractivity contribution in [1.82, 2.24) is 10.2 Å². The van der Waals surface area contributed by atoms with Crippen molar-refractivity contribution in [2.45, 2.75) is 26.4 Å². The molecule has 0 aliphatic rings. The first kappa shape index (κ1) is 15.7. The number of carbonyl (C=O) groups is 1. The van der Waals surface area contributed by atoms with Crippen LogP contribution in [0.25, 0.3) is 0 Å². The Kier molecular flexibility index (Phi) is 6.53. The molecule has 0 bridgehead atoms. The van der Waals surface area contributed by atoms with Crippen LogP contribution in [-0.2, 0) is 4.79 Å². The summed E-state index contributed by atoms with van der Waals surface area (Å²) in [5.41, 5.74) is 2.10. The van der Waals surface area contributed by atoms with Crippen LogP contribution in [0.15, 0.2) is 24.3 Å². The molecule has 0 radical (unpaired) electrons. The van der Waals surface area contributed by atoms with Gasteiger partial charge in [0.25, 0.3) is 0 Å². The van der Waals surface area contributed by atoms with Gasteiger partial charge in [-0.25, -0.2) is 0 Å². The topological polar surface area (TPSA) is 52.6 Å². The molecule has 106 valence electrons. The zero-order valence-corrected chi connectivity index (χ0v) is 12.0. The van der Waals surface area contributed by atoms with Gasteiger partial charge in [0.05, 0.1) is 6.10 Å². The van der Waals surface area contributed by atoms with Gasteiger partial charge in [0.15, 0.2) is 0 Å². The Morgan fingerprint density at radius 3 is 2.53 bits per heavy atom. The van der Waals surface area contributed by atoms with Crippen molar-refractivity contribution in [3.8, 4) is 0 Å². The summed E-state index contributed by atoms with van der Waals surface area (Å²) in [6, 6.07) is 7.90. The second-order valence-electron chi connectivity index (χ2n) is 4.74. The van der Waals surface area contributed by atoms with Crippen molar-refractivity contribution < 1.29 is 9.90 Å². The summed E-state index contributed by atoms with van der Waals surface area (Å²) in [5, 5.41) is 12.8. The van der Waals surface area contributed by atoms with Gasteiger partial charge in [0.2, 0.25) is 5.91 Å². The summed E-state index contributed by atoms with van der Waals surface area (Å²) >= 11 is 0. The summed E-state index contributed by atoms with van der Waals surface area (Å²) in [6.07, 6.45) is -0.0458. The average molecular weight is 264 g/mol. The van der Waals surface area contributed by atoms with Crippen LogP contribution >= 0.6 is 0 Å². The predicted octanol–water partition coefficient (Wildman–Crippen LogP) is 1.49. The van der Waals surface area contributed by atoms with E-state index in [0.29, 0.717) is 19.5 Å². The molecule has 0 aliphatic carbocycles. The van der Waals surface area contributed by atoms with Crippen molar-refractivity contribution >= 4 is 5.91 Å². The van der Waals surface area contributed by atoms with E-state index in [0.717, 1.165) is 12.1 Å². The van der Waals surface area contributed by atoms with Crippen LogP contribution in [0.1, 0.15) is 30.6 Å². The molecular weight excluding hydrogens is 240 g/mol. The van der Waals surface area contributed by atoms with E-state index in [-0.39, 0.29) is 5.91 Å². The van der Waals surface area contributed by atoms with Crippen molar-refractivity contribution in [3.05, 3.63) is 35.4 Å². The number of carbonyl (C=O) groups excluding carboxylic acids is 1. The Balaban J connectivity index is 2.50. The fourth-order valence-corrected chi connectivity index (χ4v) is 1.90. The molecule has 1 amide bonds. The van der Waals surface area contributed by atoms with Crippen LogP contribution < -0.4 is 5.32 Å². The second kappa shape index (κ2) is 7.92. The Hall–Kier alpha value is -1.39. The molecule has 1 aromatic carbocycles. The van der Waals surface area contributed by atoms with Crippen LogP contribution in [0.3, 0.4) is 0 Å². The van der Waals surface area contributed by atoms with E-state index in [1.54, 1.807) is 7.05 Å². The molecule has 0 aromatic heterocycles. The normalized spacial score (nSPS) is 12.5. The lowest BCUT2D eigenvalue weighted by Crippen LogP contribution is -2.32. The Morgan fingerprint density at radius 2 is 2.00 bits per heavy atom. The van der Waals surface area contributed by atoms with E-state index < -0.39 is 6.10 Å². The highest BCUT2D eigenvalue weighted by atomic mass is 16.3. The van der Waals surface area contributed by atoms with E-state index in [4.69, 9.17) is 0 Å². The predicted molar refractivity (Wildman–Crippen MR) is 76.9 cm³/mol. The highest BCUT2D eigenvalue weighted by Crippen LogP contribution is 2.15. The first-order chi connectivity index (χ1) is 9.06. The van der Waals surface area contributed by atoms with E-state index in [9.17, 15) is 9.90 Å². The molecule has 1 rings (SSSR count). The molecule has 1 aromatic rings. The molecule has 0 unspecified atom stereocenters. The summed E-state index contributed by atoms with van der Waals surface area (Å²) in [6.45, 7) is 6.10. The maximum atomic E-state index is 11.2. The minimum atomic E-state index is -0.509. The van der Waals surface area contributed by atoms with Crippen molar-refractivity contribution in [2.75, 3.05) is 26.7 Å². The third-order valence-electron chi connectivity index (χ3n) is 3.27. The highest BCUT2D eigenvalue weighted by Gasteiger charge is 2.13. The quantitative estimate of drug-likeness (QED) is 0.784. The third-order valence-corrected chi connectivity index (χ3v) is 3.27. The number of nitrogens with zero attached hydrogens (tertiary/aromatic N) is 1. The lowest BCUT2D eigenvalue weighted by atomic mass is 10.1. The number of rotatable bonds is 7.